The summed E-state index contributed by atoms with van der Waals surface area (Å²) in [5, 5.41) is 7.65. The average molecular weight is 274 g/mol. The van der Waals surface area contributed by atoms with Gasteiger partial charge in [0.1, 0.15) is 0 Å². The molecule has 0 amide bonds. The Morgan fingerprint density at radius 2 is 2.05 bits per heavy atom. The smallest absolute Gasteiger partial charge is 0.171 e. The second-order valence-electron chi connectivity index (χ2n) is 6.20. The summed E-state index contributed by atoms with van der Waals surface area (Å²) >= 11 is 5.46. The summed E-state index contributed by atoms with van der Waals surface area (Å²) in [5.74, 6) is 1.80. The number of aryl methyl sites for hydroxylation is 2. The second kappa shape index (κ2) is 5.12. The van der Waals surface area contributed by atoms with Crippen molar-refractivity contribution in [2.24, 2.45) is 11.8 Å². The van der Waals surface area contributed by atoms with Gasteiger partial charge in [-0.25, -0.2) is 0 Å². The minimum absolute atomic E-state index is 0.601. The van der Waals surface area contributed by atoms with Crippen LogP contribution in [0.3, 0.4) is 0 Å². The predicted molar refractivity (Wildman–Crippen MR) is 84.5 cm³/mol. The first-order valence-corrected chi connectivity index (χ1v) is 7.67. The topological polar surface area (TPSA) is 24.1 Å². The lowest BCUT2D eigenvalue weighted by Gasteiger charge is -2.25. The summed E-state index contributed by atoms with van der Waals surface area (Å²) in [5.41, 5.74) is 3.65. The number of hydrogen-bond acceptors (Lipinski definition) is 1. The first-order valence-electron chi connectivity index (χ1n) is 7.26. The molecule has 3 heteroatoms. The Morgan fingerprint density at radius 1 is 1.21 bits per heavy atom. The van der Waals surface area contributed by atoms with E-state index in [1.54, 1.807) is 0 Å². The first kappa shape index (κ1) is 12.9. The molecule has 1 aromatic carbocycles. The fraction of sp³-hybridized carbons (Fsp3) is 0.562. The van der Waals surface area contributed by atoms with Crippen LogP contribution in [0.25, 0.3) is 0 Å². The van der Waals surface area contributed by atoms with Crippen molar-refractivity contribution in [1.82, 2.24) is 5.32 Å². The molecule has 2 nitrogen and oxygen atoms in total. The number of thiocarbonyl (C=S) groups is 1. The Morgan fingerprint density at radius 3 is 2.68 bits per heavy atom. The SMILES string of the molecule is Cc1ccc(NC(=S)N[C@H]2C[C@@H]3CC[C@@H]2C3)c(C)c1. The summed E-state index contributed by atoms with van der Waals surface area (Å²) in [4.78, 5) is 0. The van der Waals surface area contributed by atoms with Gasteiger partial charge in [0.25, 0.3) is 0 Å². The molecule has 0 unspecified atom stereocenters. The monoisotopic (exact) mass is 274 g/mol. The van der Waals surface area contributed by atoms with Crippen molar-refractivity contribution < 1.29 is 0 Å². The van der Waals surface area contributed by atoms with Crippen molar-refractivity contribution in [2.75, 3.05) is 5.32 Å². The molecule has 2 aliphatic rings. The molecule has 2 saturated carbocycles. The van der Waals surface area contributed by atoms with Crippen molar-refractivity contribution in [3.05, 3.63) is 29.3 Å². The van der Waals surface area contributed by atoms with E-state index in [1.807, 2.05) is 0 Å². The Hall–Kier alpha value is -1.09. The highest BCUT2D eigenvalue weighted by molar-refractivity contribution is 7.80. The van der Waals surface area contributed by atoms with Gasteiger partial charge < -0.3 is 10.6 Å². The van der Waals surface area contributed by atoms with E-state index in [4.69, 9.17) is 12.2 Å². The molecular weight excluding hydrogens is 252 g/mol. The molecule has 0 radical (unpaired) electrons. The van der Waals surface area contributed by atoms with Crippen molar-refractivity contribution in [3.8, 4) is 0 Å². The highest BCUT2D eigenvalue weighted by Crippen LogP contribution is 2.44. The predicted octanol–water partition coefficient (Wildman–Crippen LogP) is 3.78. The van der Waals surface area contributed by atoms with Crippen LogP contribution in [0.2, 0.25) is 0 Å². The molecule has 2 aliphatic carbocycles. The lowest BCUT2D eigenvalue weighted by atomic mass is 9.95. The fourth-order valence-corrected chi connectivity index (χ4v) is 3.96. The van der Waals surface area contributed by atoms with Crippen LogP contribution in [0.1, 0.15) is 36.8 Å². The zero-order chi connectivity index (χ0) is 13.4. The van der Waals surface area contributed by atoms with Gasteiger partial charge in [-0.15, -0.1) is 0 Å². The molecule has 3 rings (SSSR count). The minimum Gasteiger partial charge on any atom is -0.359 e. The van der Waals surface area contributed by atoms with E-state index in [0.717, 1.165) is 22.6 Å². The van der Waals surface area contributed by atoms with Gasteiger partial charge in [0.05, 0.1) is 0 Å². The summed E-state index contributed by atoms with van der Waals surface area (Å²) in [6.45, 7) is 4.23. The van der Waals surface area contributed by atoms with Crippen LogP contribution < -0.4 is 10.6 Å². The maximum atomic E-state index is 5.46. The third-order valence-electron chi connectivity index (χ3n) is 4.68. The Labute approximate surface area is 121 Å². The van der Waals surface area contributed by atoms with Gasteiger partial charge in [-0.3, -0.25) is 0 Å². The van der Waals surface area contributed by atoms with Crippen LogP contribution in [0.4, 0.5) is 5.69 Å². The van der Waals surface area contributed by atoms with Gasteiger partial charge in [-0.2, -0.15) is 0 Å². The first-order chi connectivity index (χ1) is 9.11. The maximum absolute atomic E-state index is 5.46. The van der Waals surface area contributed by atoms with Gasteiger partial charge in [0.2, 0.25) is 0 Å². The molecular formula is C16H22N2S. The van der Waals surface area contributed by atoms with Crippen LogP contribution in [0, 0.1) is 25.7 Å². The Kier molecular flexibility index (Phi) is 3.48. The van der Waals surface area contributed by atoms with E-state index >= 15 is 0 Å². The molecule has 2 bridgehead atoms. The number of hydrogen-bond donors (Lipinski definition) is 2. The van der Waals surface area contributed by atoms with Gasteiger partial charge in [0, 0.05) is 11.7 Å². The van der Waals surface area contributed by atoms with E-state index in [2.05, 4.69) is 42.7 Å². The summed E-state index contributed by atoms with van der Waals surface area (Å²) in [6.07, 6.45) is 5.53. The molecule has 0 aromatic heterocycles. The Balaban J connectivity index is 1.59. The van der Waals surface area contributed by atoms with Gasteiger partial charge in [0.15, 0.2) is 5.11 Å². The average Bonchev–Trinajstić information content (AvgIpc) is 2.95. The number of benzene rings is 1. The summed E-state index contributed by atoms with van der Waals surface area (Å²) < 4.78 is 0. The van der Waals surface area contributed by atoms with E-state index < -0.39 is 0 Å². The standard InChI is InChI=1S/C16H22N2S/c1-10-3-6-14(11(2)7-10)17-16(19)18-15-9-12-4-5-13(15)8-12/h3,6-7,12-13,15H,4-5,8-9H2,1-2H3,(H2,17,18,19)/t12-,13-,15+/m1/s1. The minimum atomic E-state index is 0.601. The van der Waals surface area contributed by atoms with E-state index in [-0.39, 0.29) is 0 Å². The number of rotatable bonds is 2. The maximum Gasteiger partial charge on any atom is 0.171 e. The van der Waals surface area contributed by atoms with Crippen LogP contribution in [0.5, 0.6) is 0 Å². The molecule has 1 aromatic rings. The van der Waals surface area contributed by atoms with E-state index in [9.17, 15) is 0 Å². The van der Waals surface area contributed by atoms with Crippen LogP contribution >= 0.6 is 12.2 Å². The van der Waals surface area contributed by atoms with Gasteiger partial charge in [-0.05, 0) is 68.8 Å². The van der Waals surface area contributed by atoms with Crippen molar-refractivity contribution in [2.45, 2.75) is 45.6 Å². The zero-order valence-electron chi connectivity index (χ0n) is 11.7. The van der Waals surface area contributed by atoms with Crippen LogP contribution in [-0.2, 0) is 0 Å². The highest BCUT2D eigenvalue weighted by atomic mass is 32.1. The van der Waals surface area contributed by atoms with Crippen molar-refractivity contribution in [3.63, 3.8) is 0 Å². The third kappa shape index (κ3) is 2.76. The molecule has 0 saturated heterocycles. The third-order valence-corrected chi connectivity index (χ3v) is 4.90. The zero-order valence-corrected chi connectivity index (χ0v) is 12.5. The van der Waals surface area contributed by atoms with Crippen molar-refractivity contribution >= 4 is 23.0 Å². The van der Waals surface area contributed by atoms with Gasteiger partial charge >= 0.3 is 0 Å². The molecule has 2 fully saturated rings. The largest absolute Gasteiger partial charge is 0.359 e. The molecule has 3 atom stereocenters. The lowest BCUT2D eigenvalue weighted by Crippen LogP contribution is -2.40. The van der Waals surface area contributed by atoms with Crippen LogP contribution in [0.15, 0.2) is 18.2 Å². The van der Waals surface area contributed by atoms with Crippen LogP contribution in [-0.4, -0.2) is 11.2 Å². The normalized spacial score (nSPS) is 28.4. The number of fused-ring (bicyclic) bond motifs is 2. The molecule has 0 aliphatic heterocycles. The Bertz CT molecular complexity index is 498. The molecule has 19 heavy (non-hydrogen) atoms. The van der Waals surface area contributed by atoms with E-state index in [0.29, 0.717) is 6.04 Å². The summed E-state index contributed by atoms with van der Waals surface area (Å²) in [6, 6.07) is 7.02. The molecule has 0 spiro atoms. The molecule has 102 valence electrons. The number of anilines is 1. The van der Waals surface area contributed by atoms with Crippen molar-refractivity contribution in [1.29, 1.82) is 0 Å². The second-order valence-corrected chi connectivity index (χ2v) is 6.61. The van der Waals surface area contributed by atoms with E-state index in [1.165, 1.54) is 36.8 Å². The molecule has 0 heterocycles. The lowest BCUT2D eigenvalue weighted by molar-refractivity contribution is 0.392. The molecule has 2 N–H and O–H groups in total. The quantitative estimate of drug-likeness (QED) is 0.803. The summed E-state index contributed by atoms with van der Waals surface area (Å²) in [7, 11) is 0. The van der Waals surface area contributed by atoms with Gasteiger partial charge in [-0.1, -0.05) is 24.1 Å². The fourth-order valence-electron chi connectivity index (χ4n) is 3.70. The number of nitrogens with one attached hydrogen (secondary N) is 2. The highest BCUT2D eigenvalue weighted by Gasteiger charge is 2.39.